The van der Waals surface area contributed by atoms with Crippen molar-refractivity contribution in [3.8, 4) is 6.07 Å². The van der Waals surface area contributed by atoms with Gasteiger partial charge in [-0.15, -0.1) is 0 Å². The Morgan fingerprint density at radius 1 is 1.47 bits per heavy atom. The summed E-state index contributed by atoms with van der Waals surface area (Å²) in [5.41, 5.74) is -0.330. The van der Waals surface area contributed by atoms with Crippen molar-refractivity contribution in [1.29, 1.82) is 5.26 Å². The third-order valence-corrected chi connectivity index (χ3v) is 2.14. The highest BCUT2D eigenvalue weighted by Crippen LogP contribution is 2.23. The molecule has 0 aromatic carbocycles. The number of aromatic nitrogens is 2. The number of carboxylic acids is 1. The summed E-state index contributed by atoms with van der Waals surface area (Å²) in [4.78, 5) is 20.3. The van der Waals surface area contributed by atoms with E-state index in [2.05, 4.69) is 9.97 Å². The fraction of sp³-hybridized carbons (Fsp3) is 0.455. The van der Waals surface area contributed by atoms with Gasteiger partial charge in [0.1, 0.15) is 12.6 Å². The van der Waals surface area contributed by atoms with Crippen LogP contribution in [0.5, 0.6) is 0 Å². The molecule has 1 heterocycles. The van der Waals surface area contributed by atoms with E-state index in [1.807, 2.05) is 26.8 Å². The lowest BCUT2D eigenvalue weighted by molar-refractivity contribution is -0.135. The minimum Gasteiger partial charge on any atom is -0.480 e. The molecule has 0 saturated heterocycles. The van der Waals surface area contributed by atoms with E-state index in [-0.39, 0.29) is 12.2 Å². The van der Waals surface area contributed by atoms with Crippen LogP contribution in [-0.2, 0) is 4.79 Å². The highest BCUT2D eigenvalue weighted by molar-refractivity contribution is 5.74. The van der Waals surface area contributed by atoms with Gasteiger partial charge >= 0.3 is 5.97 Å². The molecule has 90 valence electrons. The SMILES string of the molecule is CC(C)(C)N(CC(=O)O)c1nccnc1C#N. The predicted octanol–water partition coefficient (Wildman–Crippen LogP) is 1.04. The molecular weight excluding hydrogens is 220 g/mol. The van der Waals surface area contributed by atoms with E-state index in [0.717, 1.165) is 0 Å². The van der Waals surface area contributed by atoms with Crippen LogP contribution in [-0.4, -0.2) is 33.1 Å². The van der Waals surface area contributed by atoms with Crippen LogP contribution in [0.2, 0.25) is 0 Å². The number of anilines is 1. The topological polar surface area (TPSA) is 90.1 Å². The van der Waals surface area contributed by atoms with Crippen LogP contribution in [0.4, 0.5) is 5.82 Å². The summed E-state index contributed by atoms with van der Waals surface area (Å²) >= 11 is 0. The van der Waals surface area contributed by atoms with Crippen molar-refractivity contribution in [2.24, 2.45) is 0 Å². The van der Waals surface area contributed by atoms with Gasteiger partial charge < -0.3 is 10.0 Å². The van der Waals surface area contributed by atoms with Gasteiger partial charge in [0.2, 0.25) is 0 Å². The largest absolute Gasteiger partial charge is 0.480 e. The molecule has 0 amide bonds. The Morgan fingerprint density at radius 3 is 2.53 bits per heavy atom. The second-order valence-corrected chi connectivity index (χ2v) is 4.49. The van der Waals surface area contributed by atoms with Crippen molar-refractivity contribution < 1.29 is 9.90 Å². The molecule has 0 aliphatic heterocycles. The number of nitrogens with zero attached hydrogens (tertiary/aromatic N) is 4. The van der Waals surface area contributed by atoms with Crippen LogP contribution in [0.1, 0.15) is 26.5 Å². The van der Waals surface area contributed by atoms with E-state index < -0.39 is 11.5 Å². The van der Waals surface area contributed by atoms with E-state index in [9.17, 15) is 4.79 Å². The fourth-order valence-electron chi connectivity index (χ4n) is 1.37. The first-order valence-electron chi connectivity index (χ1n) is 5.07. The Labute approximate surface area is 99.5 Å². The zero-order valence-corrected chi connectivity index (χ0v) is 10.0. The average molecular weight is 234 g/mol. The van der Waals surface area contributed by atoms with Crippen molar-refractivity contribution in [2.75, 3.05) is 11.4 Å². The molecule has 1 N–H and O–H groups in total. The van der Waals surface area contributed by atoms with E-state index in [1.54, 1.807) is 4.90 Å². The maximum atomic E-state index is 10.9. The minimum atomic E-state index is -0.977. The number of aliphatic carboxylic acids is 1. The summed E-state index contributed by atoms with van der Waals surface area (Å²) in [6.07, 6.45) is 2.85. The van der Waals surface area contributed by atoms with Gasteiger partial charge in [-0.1, -0.05) is 0 Å². The van der Waals surface area contributed by atoms with Crippen molar-refractivity contribution in [1.82, 2.24) is 9.97 Å². The normalized spacial score (nSPS) is 10.7. The summed E-state index contributed by atoms with van der Waals surface area (Å²) in [6.45, 7) is 5.33. The second kappa shape index (κ2) is 4.78. The summed E-state index contributed by atoms with van der Waals surface area (Å²) in [7, 11) is 0. The van der Waals surface area contributed by atoms with Gasteiger partial charge in [0, 0.05) is 17.9 Å². The Hall–Kier alpha value is -2.16. The summed E-state index contributed by atoms with van der Waals surface area (Å²) in [6, 6.07) is 1.91. The Bertz CT molecular complexity index is 459. The number of nitriles is 1. The van der Waals surface area contributed by atoms with E-state index in [0.29, 0.717) is 5.82 Å². The van der Waals surface area contributed by atoms with Gasteiger partial charge in [-0.25, -0.2) is 9.97 Å². The maximum absolute atomic E-state index is 10.9. The summed E-state index contributed by atoms with van der Waals surface area (Å²) < 4.78 is 0. The Kier molecular flexibility index (Phi) is 3.63. The zero-order valence-electron chi connectivity index (χ0n) is 10.0. The molecule has 0 aliphatic carbocycles. The van der Waals surface area contributed by atoms with Crippen LogP contribution in [0, 0.1) is 11.3 Å². The van der Waals surface area contributed by atoms with Gasteiger partial charge in [0.15, 0.2) is 11.5 Å². The zero-order chi connectivity index (χ0) is 13.1. The number of carbonyl (C=O) groups is 1. The molecule has 1 rings (SSSR count). The molecule has 0 unspecified atom stereocenters. The first-order chi connectivity index (χ1) is 7.86. The quantitative estimate of drug-likeness (QED) is 0.840. The standard InChI is InChI=1S/C11H14N4O2/c1-11(2,3)15(7-9(16)17)10-8(6-12)13-4-5-14-10/h4-5H,7H2,1-3H3,(H,16,17). The molecule has 6 heteroatoms. The Morgan fingerprint density at radius 2 is 2.06 bits per heavy atom. The van der Waals surface area contributed by atoms with E-state index in [1.165, 1.54) is 12.4 Å². The molecule has 0 bridgehead atoms. The molecule has 0 aliphatic rings. The first-order valence-corrected chi connectivity index (χ1v) is 5.07. The minimum absolute atomic E-state index is 0.128. The summed E-state index contributed by atoms with van der Waals surface area (Å²) in [5, 5.41) is 17.8. The number of hydrogen-bond donors (Lipinski definition) is 1. The molecule has 17 heavy (non-hydrogen) atoms. The van der Waals surface area contributed by atoms with Crippen molar-refractivity contribution in [2.45, 2.75) is 26.3 Å². The number of hydrogen-bond acceptors (Lipinski definition) is 5. The van der Waals surface area contributed by atoms with Crippen LogP contribution in [0.25, 0.3) is 0 Å². The lowest BCUT2D eigenvalue weighted by Gasteiger charge is -2.35. The van der Waals surface area contributed by atoms with Crippen LogP contribution in [0.15, 0.2) is 12.4 Å². The molecule has 0 atom stereocenters. The van der Waals surface area contributed by atoms with Gasteiger partial charge in [0.05, 0.1) is 0 Å². The molecule has 6 nitrogen and oxygen atoms in total. The molecule has 1 aromatic rings. The average Bonchev–Trinajstić information content (AvgIpc) is 2.24. The molecule has 1 aromatic heterocycles. The lowest BCUT2D eigenvalue weighted by atomic mass is 10.1. The third kappa shape index (κ3) is 3.14. The molecule has 0 fully saturated rings. The van der Waals surface area contributed by atoms with E-state index in [4.69, 9.17) is 10.4 Å². The van der Waals surface area contributed by atoms with Gasteiger partial charge in [-0.3, -0.25) is 4.79 Å². The number of rotatable bonds is 3. The molecular formula is C11H14N4O2. The van der Waals surface area contributed by atoms with Crippen LogP contribution in [0.3, 0.4) is 0 Å². The van der Waals surface area contributed by atoms with Crippen molar-refractivity contribution >= 4 is 11.8 Å². The Balaban J connectivity index is 3.23. The summed E-state index contributed by atoms with van der Waals surface area (Å²) in [5.74, 6) is -0.681. The van der Waals surface area contributed by atoms with Crippen molar-refractivity contribution in [3.63, 3.8) is 0 Å². The molecule has 0 radical (unpaired) electrons. The second-order valence-electron chi connectivity index (χ2n) is 4.49. The monoisotopic (exact) mass is 234 g/mol. The molecule has 0 saturated carbocycles. The predicted molar refractivity (Wildman–Crippen MR) is 61.5 cm³/mol. The highest BCUT2D eigenvalue weighted by atomic mass is 16.4. The van der Waals surface area contributed by atoms with Crippen LogP contribution >= 0.6 is 0 Å². The van der Waals surface area contributed by atoms with Crippen LogP contribution < -0.4 is 4.90 Å². The van der Waals surface area contributed by atoms with Crippen molar-refractivity contribution in [3.05, 3.63) is 18.1 Å². The fourth-order valence-corrected chi connectivity index (χ4v) is 1.37. The van der Waals surface area contributed by atoms with E-state index >= 15 is 0 Å². The third-order valence-electron chi connectivity index (χ3n) is 2.14. The van der Waals surface area contributed by atoms with Gasteiger partial charge in [-0.2, -0.15) is 5.26 Å². The number of carboxylic acid groups (broad SMARTS) is 1. The maximum Gasteiger partial charge on any atom is 0.323 e. The smallest absolute Gasteiger partial charge is 0.323 e. The van der Waals surface area contributed by atoms with Gasteiger partial charge in [0.25, 0.3) is 0 Å². The highest BCUT2D eigenvalue weighted by Gasteiger charge is 2.27. The lowest BCUT2D eigenvalue weighted by Crippen LogP contribution is -2.45. The first kappa shape index (κ1) is 12.9. The van der Waals surface area contributed by atoms with Gasteiger partial charge in [-0.05, 0) is 20.8 Å². The molecule has 0 spiro atoms.